The molecule has 0 radical (unpaired) electrons. The van der Waals surface area contributed by atoms with Crippen LogP contribution in [0.4, 0.5) is 4.79 Å². The van der Waals surface area contributed by atoms with Crippen molar-refractivity contribution in [3.63, 3.8) is 0 Å². The van der Waals surface area contributed by atoms with Crippen molar-refractivity contribution in [3.05, 3.63) is 29.3 Å². The van der Waals surface area contributed by atoms with Gasteiger partial charge in [0.1, 0.15) is 18.5 Å². The minimum absolute atomic E-state index is 0.0692. The molecular formula is C22H35N3O3. The number of aliphatic hydroxyl groups is 1. The van der Waals surface area contributed by atoms with Gasteiger partial charge in [-0.25, -0.2) is 4.79 Å². The third-order valence-electron chi connectivity index (χ3n) is 5.83. The summed E-state index contributed by atoms with van der Waals surface area (Å²) >= 11 is 0. The van der Waals surface area contributed by atoms with Gasteiger partial charge in [-0.05, 0) is 42.4 Å². The first-order chi connectivity index (χ1) is 13.2. The molecule has 2 aliphatic heterocycles. The van der Waals surface area contributed by atoms with E-state index < -0.39 is 6.10 Å². The van der Waals surface area contributed by atoms with Gasteiger partial charge in [0.2, 0.25) is 0 Å². The van der Waals surface area contributed by atoms with Crippen LogP contribution in [0.3, 0.4) is 0 Å². The summed E-state index contributed by atoms with van der Waals surface area (Å²) in [4.78, 5) is 16.0. The molecule has 28 heavy (non-hydrogen) atoms. The van der Waals surface area contributed by atoms with Crippen molar-refractivity contribution in [3.8, 4) is 5.75 Å². The number of β-amino-alcohol motifs (C(OH)–C–C–N with tert-alkyl or cyclic N) is 1. The van der Waals surface area contributed by atoms with Gasteiger partial charge in [0, 0.05) is 38.8 Å². The van der Waals surface area contributed by atoms with Crippen LogP contribution in [0.2, 0.25) is 0 Å². The molecule has 0 spiro atoms. The topological polar surface area (TPSA) is 65.0 Å². The van der Waals surface area contributed by atoms with Crippen molar-refractivity contribution in [2.24, 2.45) is 0 Å². The fourth-order valence-corrected chi connectivity index (χ4v) is 4.06. The van der Waals surface area contributed by atoms with Crippen molar-refractivity contribution in [2.75, 3.05) is 39.3 Å². The number of amides is 2. The zero-order valence-corrected chi connectivity index (χ0v) is 17.7. The van der Waals surface area contributed by atoms with Crippen LogP contribution in [0, 0.1) is 6.92 Å². The normalized spacial score (nSPS) is 20.3. The number of hydrogen-bond acceptors (Lipinski definition) is 4. The van der Waals surface area contributed by atoms with Crippen LogP contribution in [0.25, 0.3) is 0 Å². The van der Waals surface area contributed by atoms with Crippen molar-refractivity contribution in [2.45, 2.75) is 58.1 Å². The van der Waals surface area contributed by atoms with E-state index in [1.54, 1.807) is 0 Å². The van der Waals surface area contributed by atoms with E-state index >= 15 is 0 Å². The van der Waals surface area contributed by atoms with E-state index in [1.807, 2.05) is 11.0 Å². The summed E-state index contributed by atoms with van der Waals surface area (Å²) in [5, 5.41) is 13.3. The second-order valence-corrected chi connectivity index (χ2v) is 9.15. The third kappa shape index (κ3) is 5.17. The second kappa shape index (κ2) is 8.70. The summed E-state index contributed by atoms with van der Waals surface area (Å²) < 4.78 is 5.89. The largest absolute Gasteiger partial charge is 0.491 e. The Morgan fingerprint density at radius 2 is 1.96 bits per heavy atom. The third-order valence-corrected chi connectivity index (χ3v) is 5.83. The quantitative estimate of drug-likeness (QED) is 0.785. The highest BCUT2D eigenvalue weighted by molar-refractivity contribution is 5.76. The smallest absolute Gasteiger partial charge is 0.317 e. The van der Waals surface area contributed by atoms with E-state index in [4.69, 9.17) is 4.74 Å². The molecule has 2 heterocycles. The molecule has 0 unspecified atom stereocenters. The fraction of sp³-hybridized carbons (Fsp3) is 0.682. The van der Waals surface area contributed by atoms with E-state index in [2.05, 4.69) is 50.0 Å². The maximum absolute atomic E-state index is 11.8. The lowest BCUT2D eigenvalue weighted by Crippen LogP contribution is -2.48. The summed E-state index contributed by atoms with van der Waals surface area (Å²) in [5.74, 6) is 0.839. The molecule has 1 aromatic rings. The first-order valence-corrected chi connectivity index (χ1v) is 10.4. The van der Waals surface area contributed by atoms with E-state index in [9.17, 15) is 9.90 Å². The van der Waals surface area contributed by atoms with Crippen LogP contribution in [0.15, 0.2) is 18.2 Å². The number of hydrogen-bond donors (Lipinski definition) is 2. The van der Waals surface area contributed by atoms with Crippen molar-refractivity contribution in [1.29, 1.82) is 0 Å². The van der Waals surface area contributed by atoms with Crippen molar-refractivity contribution < 1.29 is 14.6 Å². The van der Waals surface area contributed by atoms with Crippen LogP contribution in [0.1, 0.15) is 44.7 Å². The molecule has 1 aromatic carbocycles. The Kier molecular flexibility index (Phi) is 6.50. The van der Waals surface area contributed by atoms with Crippen LogP contribution < -0.4 is 10.1 Å². The van der Waals surface area contributed by atoms with Gasteiger partial charge >= 0.3 is 6.03 Å². The minimum Gasteiger partial charge on any atom is -0.491 e. The molecule has 0 aliphatic carbocycles. The molecule has 0 saturated carbocycles. The van der Waals surface area contributed by atoms with Gasteiger partial charge in [-0.3, -0.25) is 0 Å². The lowest BCUT2D eigenvalue weighted by atomic mass is 9.86. The van der Waals surface area contributed by atoms with E-state index in [-0.39, 0.29) is 11.4 Å². The number of carbonyl (C=O) groups is 1. The SMILES string of the molecule is Cc1cc(C(C)(C)C)ccc1OC[C@@H](O)CN1CCC(N2CCNC2=O)CC1. The zero-order valence-electron chi connectivity index (χ0n) is 17.7. The highest BCUT2D eigenvalue weighted by Gasteiger charge is 2.31. The monoisotopic (exact) mass is 389 g/mol. The molecular weight excluding hydrogens is 354 g/mol. The molecule has 6 heteroatoms. The Bertz CT molecular complexity index is 678. The predicted octanol–water partition coefficient (Wildman–Crippen LogP) is 2.52. The fourth-order valence-electron chi connectivity index (χ4n) is 4.06. The van der Waals surface area contributed by atoms with Gasteiger partial charge < -0.3 is 25.0 Å². The molecule has 6 nitrogen and oxygen atoms in total. The first kappa shape index (κ1) is 20.9. The average molecular weight is 390 g/mol. The second-order valence-electron chi connectivity index (χ2n) is 9.15. The molecule has 0 aromatic heterocycles. The number of nitrogens with zero attached hydrogens (tertiary/aromatic N) is 2. The maximum atomic E-state index is 11.8. The number of carbonyl (C=O) groups excluding carboxylic acids is 1. The van der Waals surface area contributed by atoms with Gasteiger partial charge in [-0.2, -0.15) is 0 Å². The van der Waals surface area contributed by atoms with Gasteiger partial charge in [0.15, 0.2) is 0 Å². The Labute approximate surface area is 168 Å². The predicted molar refractivity (Wildman–Crippen MR) is 111 cm³/mol. The van der Waals surface area contributed by atoms with Gasteiger partial charge in [0.05, 0.1) is 0 Å². The number of likely N-dealkylation sites (tertiary alicyclic amines) is 1. The summed E-state index contributed by atoms with van der Waals surface area (Å²) in [5.41, 5.74) is 2.50. The lowest BCUT2D eigenvalue weighted by Gasteiger charge is -2.36. The van der Waals surface area contributed by atoms with Crippen LogP contribution >= 0.6 is 0 Å². The van der Waals surface area contributed by atoms with Crippen LogP contribution in [-0.2, 0) is 5.41 Å². The highest BCUT2D eigenvalue weighted by atomic mass is 16.5. The number of aryl methyl sites for hydroxylation is 1. The number of piperidine rings is 1. The number of nitrogens with one attached hydrogen (secondary N) is 1. The molecule has 0 bridgehead atoms. The summed E-state index contributed by atoms with van der Waals surface area (Å²) in [6, 6.07) is 6.68. The number of ether oxygens (including phenoxy) is 1. The molecule has 3 rings (SSSR count). The van der Waals surface area contributed by atoms with E-state index in [0.29, 0.717) is 19.2 Å². The Hall–Kier alpha value is -1.79. The average Bonchev–Trinajstić information content (AvgIpc) is 3.06. The maximum Gasteiger partial charge on any atom is 0.317 e. The summed E-state index contributed by atoms with van der Waals surface area (Å²) in [7, 11) is 0. The Morgan fingerprint density at radius 3 is 2.54 bits per heavy atom. The molecule has 1 atom stereocenters. The molecule has 2 fully saturated rings. The number of rotatable bonds is 6. The number of urea groups is 1. The van der Waals surface area contributed by atoms with E-state index in [0.717, 1.165) is 50.3 Å². The van der Waals surface area contributed by atoms with Crippen LogP contribution in [-0.4, -0.2) is 72.4 Å². The summed E-state index contributed by atoms with van der Waals surface area (Å²) in [6.45, 7) is 12.9. The highest BCUT2D eigenvalue weighted by Crippen LogP contribution is 2.27. The minimum atomic E-state index is -0.520. The first-order valence-electron chi connectivity index (χ1n) is 10.4. The standard InChI is InChI=1S/C22H35N3O3/c1-16-13-17(22(2,3)4)5-6-20(16)28-15-19(26)14-24-10-7-18(8-11-24)25-12-9-23-21(25)27/h5-6,13,18-19,26H,7-12,14-15H2,1-4H3,(H,23,27)/t19-/m0/s1. The van der Waals surface area contributed by atoms with E-state index in [1.165, 1.54) is 5.56 Å². The van der Waals surface area contributed by atoms with Gasteiger partial charge in [0.25, 0.3) is 0 Å². The molecule has 2 saturated heterocycles. The van der Waals surface area contributed by atoms with Crippen molar-refractivity contribution in [1.82, 2.24) is 15.1 Å². The van der Waals surface area contributed by atoms with Gasteiger partial charge in [-0.1, -0.05) is 32.9 Å². The molecule has 156 valence electrons. The van der Waals surface area contributed by atoms with Crippen molar-refractivity contribution >= 4 is 6.03 Å². The molecule has 2 amide bonds. The molecule has 2 N–H and O–H groups in total. The number of aliphatic hydroxyl groups excluding tert-OH is 1. The zero-order chi connectivity index (χ0) is 20.3. The Balaban J connectivity index is 1.43. The van der Waals surface area contributed by atoms with Gasteiger partial charge in [-0.15, -0.1) is 0 Å². The summed E-state index contributed by atoms with van der Waals surface area (Å²) in [6.07, 6.45) is 1.41. The Morgan fingerprint density at radius 1 is 1.25 bits per heavy atom. The lowest BCUT2D eigenvalue weighted by molar-refractivity contribution is 0.0507. The number of benzene rings is 1. The van der Waals surface area contributed by atoms with Crippen LogP contribution in [0.5, 0.6) is 5.75 Å². The molecule has 2 aliphatic rings.